The second-order valence-electron chi connectivity index (χ2n) is 10.8. The van der Waals surface area contributed by atoms with Crippen LogP contribution in [-0.2, 0) is 21.7 Å². The number of hydrogen-bond donors (Lipinski definition) is 4. The van der Waals surface area contributed by atoms with Crippen LogP contribution in [-0.4, -0.2) is 46.2 Å². The van der Waals surface area contributed by atoms with E-state index < -0.39 is 31.7 Å². The van der Waals surface area contributed by atoms with E-state index in [-0.39, 0.29) is 17.5 Å². The van der Waals surface area contributed by atoms with Gasteiger partial charge >= 0.3 is 12.0 Å². The Bertz CT molecular complexity index is 1120. The molecule has 0 saturated heterocycles. The summed E-state index contributed by atoms with van der Waals surface area (Å²) in [5.74, 6) is -0.671. The Hall–Kier alpha value is -3.14. The third kappa shape index (κ3) is 3.79. The molecule has 4 rings (SSSR count). The Morgan fingerprint density at radius 2 is 1.79 bits per heavy atom. The number of rotatable bonds is 6. The van der Waals surface area contributed by atoms with Crippen molar-refractivity contribution in [3.63, 3.8) is 0 Å². The van der Waals surface area contributed by atoms with Crippen LogP contribution in [0, 0.1) is 0 Å². The summed E-state index contributed by atoms with van der Waals surface area (Å²) < 4.78 is 0. The van der Waals surface area contributed by atoms with Gasteiger partial charge in [0.1, 0.15) is 0 Å². The van der Waals surface area contributed by atoms with E-state index in [4.69, 9.17) is 0 Å². The third-order valence-corrected chi connectivity index (χ3v) is 11.3. The smallest absolute Gasteiger partial charge is 0.330 e. The molecule has 1 aliphatic carbocycles. The standard InChI is InChI=1S/C24H33N5O4Si/c1-23(2)18-16(19(28-27-18)26-21(32)24(12-9-13-24)34(3,4)5)14-29(23)22(33)25-17(20(30)31)15-10-7-6-8-11-15/h6-8,10-11,17H,9,12-14H2,1-5H3,(H,25,33)(H,30,31)(H2,26,27,28,32)/t17-/m0/s1. The number of fused-ring (bicyclic) bond motifs is 1. The monoisotopic (exact) mass is 483 g/mol. The fourth-order valence-corrected chi connectivity index (χ4v) is 7.75. The lowest BCUT2D eigenvalue weighted by atomic mass is 9.83. The molecular formula is C24H33N5O4Si. The number of aliphatic carboxylic acids is 1. The first-order valence-electron chi connectivity index (χ1n) is 11.6. The number of H-pyrrole nitrogens is 1. The van der Waals surface area contributed by atoms with Crippen molar-refractivity contribution in [2.75, 3.05) is 5.32 Å². The van der Waals surface area contributed by atoms with Crippen LogP contribution in [0.1, 0.15) is 56.0 Å². The Morgan fingerprint density at radius 3 is 2.32 bits per heavy atom. The third-order valence-electron chi connectivity index (χ3n) is 7.67. The molecule has 2 heterocycles. The van der Waals surface area contributed by atoms with Gasteiger partial charge in [0.2, 0.25) is 5.91 Å². The van der Waals surface area contributed by atoms with Crippen LogP contribution in [0.5, 0.6) is 0 Å². The zero-order valence-electron chi connectivity index (χ0n) is 20.4. The molecule has 1 aromatic carbocycles. The molecule has 1 atom stereocenters. The summed E-state index contributed by atoms with van der Waals surface area (Å²) in [7, 11) is -1.75. The van der Waals surface area contributed by atoms with Gasteiger partial charge in [-0.1, -0.05) is 56.4 Å². The van der Waals surface area contributed by atoms with Crippen molar-refractivity contribution in [3.8, 4) is 0 Å². The maximum Gasteiger partial charge on any atom is 0.330 e. The maximum absolute atomic E-state index is 13.3. The topological polar surface area (TPSA) is 127 Å². The predicted molar refractivity (Wildman–Crippen MR) is 131 cm³/mol. The van der Waals surface area contributed by atoms with Gasteiger partial charge < -0.3 is 20.6 Å². The molecule has 0 unspecified atom stereocenters. The zero-order chi connectivity index (χ0) is 24.9. The molecule has 2 aromatic rings. The Labute approximate surface area is 200 Å². The predicted octanol–water partition coefficient (Wildman–Crippen LogP) is 4.20. The quantitative estimate of drug-likeness (QED) is 0.458. The van der Waals surface area contributed by atoms with Crippen LogP contribution in [0.2, 0.25) is 24.7 Å². The summed E-state index contributed by atoms with van der Waals surface area (Å²) in [5.41, 5.74) is 1.22. The van der Waals surface area contributed by atoms with Crippen LogP contribution in [0.4, 0.5) is 10.6 Å². The van der Waals surface area contributed by atoms with Crippen molar-refractivity contribution in [1.82, 2.24) is 20.4 Å². The minimum atomic E-state index is -1.75. The fourth-order valence-electron chi connectivity index (χ4n) is 5.15. The van der Waals surface area contributed by atoms with Gasteiger partial charge in [-0.15, -0.1) is 0 Å². The number of hydrogen-bond acceptors (Lipinski definition) is 4. The highest BCUT2D eigenvalue weighted by Gasteiger charge is 2.54. The van der Waals surface area contributed by atoms with E-state index in [1.165, 1.54) is 0 Å². The van der Waals surface area contributed by atoms with E-state index in [1.54, 1.807) is 35.2 Å². The molecule has 1 aliphatic heterocycles. The van der Waals surface area contributed by atoms with Crippen LogP contribution < -0.4 is 10.6 Å². The second-order valence-corrected chi connectivity index (χ2v) is 16.3. The number of benzene rings is 1. The van der Waals surface area contributed by atoms with Crippen LogP contribution in [0.25, 0.3) is 0 Å². The Morgan fingerprint density at radius 1 is 1.15 bits per heavy atom. The molecule has 0 spiro atoms. The number of anilines is 1. The van der Waals surface area contributed by atoms with Crippen molar-refractivity contribution in [2.24, 2.45) is 0 Å². The summed E-state index contributed by atoms with van der Waals surface area (Å²) in [4.78, 5) is 40.0. The number of carbonyl (C=O) groups is 3. The molecular weight excluding hydrogens is 450 g/mol. The van der Waals surface area contributed by atoms with Crippen molar-refractivity contribution in [1.29, 1.82) is 0 Å². The number of amides is 3. The summed E-state index contributed by atoms with van der Waals surface area (Å²) in [6.45, 7) is 10.6. The first-order valence-corrected chi connectivity index (χ1v) is 15.1. The highest BCUT2D eigenvalue weighted by Crippen LogP contribution is 2.56. The van der Waals surface area contributed by atoms with Crippen molar-refractivity contribution >= 4 is 31.8 Å². The van der Waals surface area contributed by atoms with E-state index >= 15 is 0 Å². The number of urea groups is 1. The van der Waals surface area contributed by atoms with Gasteiger partial charge in [0.25, 0.3) is 0 Å². The van der Waals surface area contributed by atoms with Gasteiger partial charge in [-0.3, -0.25) is 9.89 Å². The minimum Gasteiger partial charge on any atom is -0.479 e. The Kier molecular flexibility index (Phi) is 5.83. The summed E-state index contributed by atoms with van der Waals surface area (Å²) in [5, 5.41) is 22.5. The second kappa shape index (κ2) is 8.26. The summed E-state index contributed by atoms with van der Waals surface area (Å²) >= 11 is 0. The normalized spacial score (nSPS) is 19.0. The first-order chi connectivity index (χ1) is 15.9. The van der Waals surface area contributed by atoms with E-state index in [9.17, 15) is 19.5 Å². The van der Waals surface area contributed by atoms with Crippen molar-refractivity contribution < 1.29 is 19.5 Å². The lowest BCUT2D eigenvalue weighted by Gasteiger charge is -2.48. The molecule has 3 amide bonds. The van der Waals surface area contributed by atoms with Gasteiger partial charge in [-0.05, 0) is 32.3 Å². The molecule has 34 heavy (non-hydrogen) atoms. The van der Waals surface area contributed by atoms with Gasteiger partial charge in [0.05, 0.1) is 25.9 Å². The molecule has 182 valence electrons. The summed E-state index contributed by atoms with van der Waals surface area (Å²) in [6.07, 6.45) is 2.86. The number of carbonyl (C=O) groups excluding carboxylic acids is 2. The summed E-state index contributed by atoms with van der Waals surface area (Å²) in [6, 6.07) is 6.93. The van der Waals surface area contributed by atoms with E-state index in [0.717, 1.165) is 30.5 Å². The number of carboxylic acid groups (broad SMARTS) is 1. The highest BCUT2D eigenvalue weighted by molar-refractivity contribution is 6.83. The minimum absolute atomic E-state index is 0.0166. The molecule has 0 bridgehead atoms. The van der Waals surface area contributed by atoms with Gasteiger partial charge in [-0.2, -0.15) is 5.10 Å². The molecule has 10 heteroatoms. The highest BCUT2D eigenvalue weighted by atomic mass is 28.3. The van der Waals surface area contributed by atoms with Gasteiger partial charge in [-0.25, -0.2) is 9.59 Å². The maximum atomic E-state index is 13.3. The average Bonchev–Trinajstić information content (AvgIpc) is 3.22. The lowest BCUT2D eigenvalue weighted by Crippen LogP contribution is -2.52. The van der Waals surface area contributed by atoms with Crippen LogP contribution >= 0.6 is 0 Å². The fraction of sp³-hybridized carbons (Fsp3) is 0.500. The molecule has 4 N–H and O–H groups in total. The zero-order valence-corrected chi connectivity index (χ0v) is 21.4. The molecule has 1 aromatic heterocycles. The number of nitrogens with one attached hydrogen (secondary N) is 3. The first kappa shape index (κ1) is 24.0. The number of aromatic amines is 1. The van der Waals surface area contributed by atoms with E-state index in [1.807, 2.05) is 13.8 Å². The molecule has 1 saturated carbocycles. The average molecular weight is 484 g/mol. The Balaban J connectivity index is 1.54. The van der Waals surface area contributed by atoms with E-state index in [0.29, 0.717) is 11.4 Å². The SMILES string of the molecule is CC1(C)c2[nH]nc(NC(=O)C3([Si](C)(C)C)CCC3)c2CN1C(=O)N[C@H](C(=O)O)c1ccccc1. The van der Waals surface area contributed by atoms with Crippen molar-refractivity contribution in [2.45, 2.75) is 75.9 Å². The van der Waals surface area contributed by atoms with Crippen molar-refractivity contribution in [3.05, 3.63) is 47.2 Å². The van der Waals surface area contributed by atoms with E-state index in [2.05, 4.69) is 40.5 Å². The van der Waals surface area contributed by atoms with Crippen LogP contribution in [0.15, 0.2) is 30.3 Å². The number of carboxylic acids is 1. The number of nitrogens with zero attached hydrogens (tertiary/aromatic N) is 2. The largest absolute Gasteiger partial charge is 0.479 e. The van der Waals surface area contributed by atoms with Crippen LogP contribution in [0.3, 0.4) is 0 Å². The molecule has 1 fully saturated rings. The van der Waals surface area contributed by atoms with Gasteiger partial charge in [0, 0.05) is 10.6 Å². The molecule has 2 aliphatic rings. The van der Waals surface area contributed by atoms with Gasteiger partial charge in [0.15, 0.2) is 11.9 Å². The lowest BCUT2D eigenvalue weighted by molar-refractivity contribution is -0.139. The number of aromatic nitrogens is 2. The molecule has 0 radical (unpaired) electrons. The molecule has 9 nitrogen and oxygen atoms in total.